The summed E-state index contributed by atoms with van der Waals surface area (Å²) in [5.74, 6) is -0.518. The van der Waals surface area contributed by atoms with Crippen LogP contribution in [0.2, 0.25) is 0 Å². The van der Waals surface area contributed by atoms with Crippen LogP contribution >= 0.6 is 0 Å². The molecule has 9 heteroatoms. The van der Waals surface area contributed by atoms with Crippen molar-refractivity contribution in [3.63, 3.8) is 0 Å². The molecule has 1 amide bonds. The fourth-order valence-electron chi connectivity index (χ4n) is 3.86. The van der Waals surface area contributed by atoms with E-state index in [4.69, 9.17) is 9.88 Å². The van der Waals surface area contributed by atoms with Gasteiger partial charge < -0.3 is 15.0 Å². The zero-order chi connectivity index (χ0) is 22.2. The van der Waals surface area contributed by atoms with E-state index in [1.165, 1.54) is 35.5 Å². The normalized spacial score (nSPS) is 16.0. The Morgan fingerprint density at radius 3 is 2.65 bits per heavy atom. The maximum atomic E-state index is 12.5. The van der Waals surface area contributed by atoms with Gasteiger partial charge in [-0.25, -0.2) is 18.4 Å². The molecule has 0 spiro atoms. The standard InChI is InChI=1S/C22H23N3O5S/c1-13-2-8-19-17(10-13)18-11-14(3-9-20(18)25-19)22(27)30-12-21(26)24-15-4-6-16(7-5-15)31(23,28)29/h3-7,9,11,13,25H,2,8,10,12H2,1H3,(H,24,26)(H2,23,28,29)/t13-/m0/s1. The Kier molecular flexibility index (Phi) is 5.55. The SMILES string of the molecule is C[C@H]1CCc2[nH]c3ccc(C(=O)OCC(=O)Nc4ccc(S(N)(=O)=O)cc4)cc3c2C1. The van der Waals surface area contributed by atoms with Gasteiger partial charge >= 0.3 is 5.97 Å². The molecule has 4 N–H and O–H groups in total. The summed E-state index contributed by atoms with van der Waals surface area (Å²) >= 11 is 0. The molecule has 1 aromatic heterocycles. The Morgan fingerprint density at radius 1 is 1.19 bits per heavy atom. The molecule has 1 aliphatic rings. The van der Waals surface area contributed by atoms with Crippen LogP contribution in [0.25, 0.3) is 10.9 Å². The number of benzene rings is 2. The number of sulfonamides is 1. The molecule has 0 saturated heterocycles. The van der Waals surface area contributed by atoms with Crippen LogP contribution in [-0.4, -0.2) is 31.9 Å². The largest absolute Gasteiger partial charge is 0.452 e. The maximum absolute atomic E-state index is 12.5. The summed E-state index contributed by atoms with van der Waals surface area (Å²) < 4.78 is 27.7. The maximum Gasteiger partial charge on any atom is 0.338 e. The van der Waals surface area contributed by atoms with Crippen molar-refractivity contribution in [1.29, 1.82) is 0 Å². The van der Waals surface area contributed by atoms with Gasteiger partial charge in [-0.1, -0.05) is 6.92 Å². The van der Waals surface area contributed by atoms with Gasteiger partial charge in [0.15, 0.2) is 6.61 Å². The van der Waals surface area contributed by atoms with Crippen LogP contribution in [-0.2, 0) is 32.4 Å². The van der Waals surface area contributed by atoms with E-state index in [2.05, 4.69) is 17.2 Å². The third-order valence-corrected chi connectivity index (χ3v) is 6.40. The van der Waals surface area contributed by atoms with Crippen molar-refractivity contribution < 1.29 is 22.7 Å². The first-order chi connectivity index (χ1) is 14.7. The summed E-state index contributed by atoms with van der Waals surface area (Å²) in [5.41, 5.74) is 4.23. The molecular formula is C22H23N3O5S. The molecule has 0 saturated carbocycles. The Labute approximate surface area is 179 Å². The molecule has 0 bridgehead atoms. The molecular weight excluding hydrogens is 418 g/mol. The highest BCUT2D eigenvalue weighted by atomic mass is 32.2. The van der Waals surface area contributed by atoms with Crippen LogP contribution in [0, 0.1) is 5.92 Å². The van der Waals surface area contributed by atoms with Gasteiger partial charge in [0.2, 0.25) is 10.0 Å². The number of rotatable bonds is 5. The molecule has 3 aromatic rings. The molecule has 1 aliphatic carbocycles. The molecule has 0 unspecified atom stereocenters. The quantitative estimate of drug-likeness (QED) is 0.524. The molecule has 4 rings (SSSR count). The average molecular weight is 442 g/mol. The minimum atomic E-state index is -3.80. The van der Waals surface area contributed by atoms with E-state index in [1.807, 2.05) is 12.1 Å². The Hall–Kier alpha value is -3.17. The molecule has 0 radical (unpaired) electrons. The number of nitrogens with one attached hydrogen (secondary N) is 2. The summed E-state index contributed by atoms with van der Waals surface area (Å²) in [6.07, 6.45) is 3.12. The number of aromatic nitrogens is 1. The lowest BCUT2D eigenvalue weighted by Gasteiger charge is -2.18. The molecule has 1 heterocycles. The average Bonchev–Trinajstić information content (AvgIpc) is 3.09. The molecule has 1 atom stereocenters. The van der Waals surface area contributed by atoms with Gasteiger partial charge in [-0.05, 0) is 73.2 Å². The predicted octanol–water partition coefficient (Wildman–Crippen LogP) is 2.74. The highest BCUT2D eigenvalue weighted by molar-refractivity contribution is 7.89. The summed E-state index contributed by atoms with van der Waals surface area (Å²) in [4.78, 5) is 27.9. The van der Waals surface area contributed by atoms with E-state index >= 15 is 0 Å². The summed E-state index contributed by atoms with van der Waals surface area (Å²) in [6.45, 7) is 1.76. The van der Waals surface area contributed by atoms with Crippen LogP contribution in [0.4, 0.5) is 5.69 Å². The number of H-pyrrole nitrogens is 1. The van der Waals surface area contributed by atoms with Gasteiger partial charge in [-0.15, -0.1) is 0 Å². The lowest BCUT2D eigenvalue weighted by atomic mass is 9.87. The van der Waals surface area contributed by atoms with E-state index in [0.717, 1.165) is 30.2 Å². The first-order valence-electron chi connectivity index (χ1n) is 9.94. The number of carbonyl (C=O) groups is 2. The fraction of sp³-hybridized carbons (Fsp3) is 0.273. The number of aromatic amines is 1. The number of carbonyl (C=O) groups excluding carboxylic acids is 2. The van der Waals surface area contributed by atoms with Crippen LogP contribution in [0.1, 0.15) is 35.0 Å². The lowest BCUT2D eigenvalue weighted by Crippen LogP contribution is -2.21. The molecule has 0 fully saturated rings. The number of primary sulfonamides is 1. The summed E-state index contributed by atoms with van der Waals surface area (Å²) in [7, 11) is -3.80. The van der Waals surface area contributed by atoms with Crippen LogP contribution in [0.5, 0.6) is 0 Å². The van der Waals surface area contributed by atoms with E-state index < -0.39 is 28.5 Å². The zero-order valence-electron chi connectivity index (χ0n) is 17.0. The number of esters is 1. The van der Waals surface area contributed by atoms with Gasteiger partial charge in [-0.2, -0.15) is 0 Å². The number of ether oxygens (including phenoxy) is 1. The number of fused-ring (bicyclic) bond motifs is 3. The lowest BCUT2D eigenvalue weighted by molar-refractivity contribution is -0.119. The van der Waals surface area contributed by atoms with Crippen molar-refractivity contribution in [2.75, 3.05) is 11.9 Å². The van der Waals surface area contributed by atoms with Crippen molar-refractivity contribution in [3.05, 3.63) is 59.3 Å². The Balaban J connectivity index is 1.40. The highest BCUT2D eigenvalue weighted by Gasteiger charge is 2.21. The molecule has 162 valence electrons. The van der Waals surface area contributed by atoms with Crippen LogP contribution in [0.15, 0.2) is 47.4 Å². The second kappa shape index (κ2) is 8.16. The topological polar surface area (TPSA) is 131 Å². The predicted molar refractivity (Wildman–Crippen MR) is 116 cm³/mol. The summed E-state index contributed by atoms with van der Waals surface area (Å²) in [5, 5.41) is 8.61. The van der Waals surface area contributed by atoms with Crippen LogP contribution in [0.3, 0.4) is 0 Å². The monoisotopic (exact) mass is 441 g/mol. The molecule has 2 aromatic carbocycles. The Bertz CT molecular complexity index is 1260. The third-order valence-electron chi connectivity index (χ3n) is 5.47. The van der Waals surface area contributed by atoms with E-state index in [1.54, 1.807) is 6.07 Å². The van der Waals surface area contributed by atoms with Gasteiger partial charge in [-0.3, -0.25) is 4.79 Å². The molecule has 8 nitrogen and oxygen atoms in total. The first kappa shape index (κ1) is 21.1. The first-order valence-corrected chi connectivity index (χ1v) is 11.5. The minimum absolute atomic E-state index is 0.0614. The smallest absolute Gasteiger partial charge is 0.338 e. The number of hydrogen-bond donors (Lipinski definition) is 3. The van der Waals surface area contributed by atoms with Crippen molar-refractivity contribution in [2.45, 2.75) is 31.1 Å². The summed E-state index contributed by atoms with van der Waals surface area (Å²) in [6, 6.07) is 10.7. The fourth-order valence-corrected chi connectivity index (χ4v) is 4.37. The van der Waals surface area contributed by atoms with Gasteiger partial charge in [0, 0.05) is 22.3 Å². The zero-order valence-corrected chi connectivity index (χ0v) is 17.8. The highest BCUT2D eigenvalue weighted by Crippen LogP contribution is 2.32. The van der Waals surface area contributed by atoms with Gasteiger partial charge in [0.1, 0.15) is 0 Å². The van der Waals surface area contributed by atoms with Gasteiger partial charge in [0.05, 0.1) is 10.5 Å². The number of amides is 1. The minimum Gasteiger partial charge on any atom is -0.452 e. The number of aryl methyl sites for hydroxylation is 1. The van der Waals surface area contributed by atoms with Gasteiger partial charge in [0.25, 0.3) is 5.91 Å². The molecule has 31 heavy (non-hydrogen) atoms. The van der Waals surface area contributed by atoms with E-state index in [9.17, 15) is 18.0 Å². The van der Waals surface area contributed by atoms with E-state index in [0.29, 0.717) is 17.2 Å². The number of anilines is 1. The second-order valence-corrected chi connectivity index (χ2v) is 9.45. The van der Waals surface area contributed by atoms with Crippen molar-refractivity contribution >= 4 is 38.5 Å². The third kappa shape index (κ3) is 4.62. The van der Waals surface area contributed by atoms with Crippen molar-refractivity contribution in [3.8, 4) is 0 Å². The van der Waals surface area contributed by atoms with Crippen molar-refractivity contribution in [2.24, 2.45) is 11.1 Å². The molecule has 0 aliphatic heterocycles. The number of nitrogens with two attached hydrogens (primary N) is 1. The van der Waals surface area contributed by atoms with Crippen molar-refractivity contribution in [1.82, 2.24) is 4.98 Å². The Morgan fingerprint density at radius 2 is 1.94 bits per heavy atom. The van der Waals surface area contributed by atoms with E-state index in [-0.39, 0.29) is 4.90 Å². The second-order valence-electron chi connectivity index (χ2n) is 7.88. The number of hydrogen-bond acceptors (Lipinski definition) is 5. The van der Waals surface area contributed by atoms with Crippen LogP contribution < -0.4 is 10.5 Å².